The van der Waals surface area contributed by atoms with Gasteiger partial charge in [0.05, 0.1) is 5.92 Å². The molecule has 138 valence electrons. The van der Waals surface area contributed by atoms with Gasteiger partial charge in [-0.1, -0.05) is 25.7 Å². The molecule has 0 bridgehead atoms. The summed E-state index contributed by atoms with van der Waals surface area (Å²) in [5.41, 5.74) is 0. The van der Waals surface area contributed by atoms with Crippen LogP contribution in [0.3, 0.4) is 0 Å². The number of hydrogen-bond acceptors (Lipinski definition) is 7. The molecule has 0 aliphatic rings. The van der Waals surface area contributed by atoms with Crippen molar-refractivity contribution in [3.8, 4) is 0 Å². The molecule has 0 aromatic heterocycles. The topological polar surface area (TPSA) is 116 Å². The number of aliphatic carboxylic acids is 1. The fourth-order valence-electron chi connectivity index (χ4n) is 1.97. The maximum absolute atomic E-state index is 11.9. The number of rotatable bonds is 13. The number of ether oxygens (including phenoxy) is 3. The van der Waals surface area contributed by atoms with Gasteiger partial charge in [-0.15, -0.1) is 0 Å². The Morgan fingerprint density at radius 1 is 0.833 bits per heavy atom. The first-order chi connectivity index (χ1) is 11.3. The average Bonchev–Trinajstić information content (AvgIpc) is 2.48. The van der Waals surface area contributed by atoms with Crippen molar-refractivity contribution in [2.45, 2.75) is 58.8 Å². The van der Waals surface area contributed by atoms with Gasteiger partial charge in [-0.3, -0.25) is 19.2 Å². The van der Waals surface area contributed by atoms with Gasteiger partial charge in [0, 0.05) is 20.3 Å². The molecule has 0 spiro atoms. The third-order valence-electron chi connectivity index (χ3n) is 3.23. The standard InChI is InChI=1S/C16H26O8/c1-12(17)22-10-14(16(21)24-11-23-13(2)18)8-6-4-3-5-7-9-15(19)20/h14H,3-11H2,1-2H3,(H,19,20). The predicted octanol–water partition coefficient (Wildman–Crippen LogP) is 2.04. The Balaban J connectivity index is 4.06. The molecule has 0 amide bonds. The molecule has 1 unspecified atom stereocenters. The Morgan fingerprint density at radius 2 is 1.42 bits per heavy atom. The first-order valence-corrected chi connectivity index (χ1v) is 7.98. The number of hydrogen-bond donors (Lipinski definition) is 1. The quantitative estimate of drug-likeness (QED) is 0.306. The molecule has 1 atom stereocenters. The maximum atomic E-state index is 11.9. The first-order valence-electron chi connectivity index (χ1n) is 7.98. The monoisotopic (exact) mass is 346 g/mol. The van der Waals surface area contributed by atoms with Crippen molar-refractivity contribution in [2.75, 3.05) is 13.4 Å². The molecule has 8 heteroatoms. The molecule has 0 fully saturated rings. The summed E-state index contributed by atoms with van der Waals surface area (Å²) in [5.74, 6) is -3.03. The van der Waals surface area contributed by atoms with Crippen molar-refractivity contribution in [3.05, 3.63) is 0 Å². The molecule has 1 N–H and O–H groups in total. The van der Waals surface area contributed by atoms with E-state index < -0.39 is 36.6 Å². The molecule has 8 nitrogen and oxygen atoms in total. The van der Waals surface area contributed by atoms with Crippen molar-refractivity contribution in [1.29, 1.82) is 0 Å². The largest absolute Gasteiger partial charge is 0.481 e. The summed E-state index contributed by atoms with van der Waals surface area (Å²) < 4.78 is 14.2. The third kappa shape index (κ3) is 13.5. The lowest BCUT2D eigenvalue weighted by atomic mass is 10.0. The van der Waals surface area contributed by atoms with Gasteiger partial charge in [0.15, 0.2) is 0 Å². The van der Waals surface area contributed by atoms with E-state index in [0.717, 1.165) is 25.7 Å². The molecule has 0 aromatic carbocycles. The Kier molecular flexibility index (Phi) is 12.2. The van der Waals surface area contributed by atoms with E-state index in [1.165, 1.54) is 13.8 Å². The number of carboxylic acids is 1. The van der Waals surface area contributed by atoms with E-state index in [4.69, 9.17) is 14.6 Å². The normalized spacial score (nSPS) is 11.4. The average molecular weight is 346 g/mol. The molecular weight excluding hydrogens is 320 g/mol. The predicted molar refractivity (Wildman–Crippen MR) is 82.8 cm³/mol. The van der Waals surface area contributed by atoms with E-state index in [-0.39, 0.29) is 13.0 Å². The molecule has 24 heavy (non-hydrogen) atoms. The van der Waals surface area contributed by atoms with Gasteiger partial charge in [-0.2, -0.15) is 0 Å². The second kappa shape index (κ2) is 13.3. The van der Waals surface area contributed by atoms with Gasteiger partial charge < -0.3 is 19.3 Å². The van der Waals surface area contributed by atoms with Crippen LogP contribution in [0.25, 0.3) is 0 Å². The van der Waals surface area contributed by atoms with Crippen molar-refractivity contribution in [3.63, 3.8) is 0 Å². The van der Waals surface area contributed by atoms with Gasteiger partial charge in [0.2, 0.25) is 6.79 Å². The van der Waals surface area contributed by atoms with Crippen LogP contribution in [0.1, 0.15) is 58.8 Å². The molecule has 0 aromatic rings. The van der Waals surface area contributed by atoms with Crippen LogP contribution in [0.15, 0.2) is 0 Å². The van der Waals surface area contributed by atoms with Gasteiger partial charge in [0.1, 0.15) is 6.61 Å². The van der Waals surface area contributed by atoms with Crippen LogP contribution in [0.4, 0.5) is 0 Å². The van der Waals surface area contributed by atoms with Crippen molar-refractivity contribution in [2.24, 2.45) is 5.92 Å². The zero-order valence-electron chi connectivity index (χ0n) is 14.2. The number of carbonyl (C=O) groups excluding carboxylic acids is 3. The highest BCUT2D eigenvalue weighted by molar-refractivity contribution is 5.73. The molecule has 0 rings (SSSR count). The molecule has 0 saturated carbocycles. The fourth-order valence-corrected chi connectivity index (χ4v) is 1.97. The van der Waals surface area contributed by atoms with Crippen LogP contribution in [0.2, 0.25) is 0 Å². The minimum absolute atomic E-state index is 0.0761. The van der Waals surface area contributed by atoms with Gasteiger partial charge in [-0.05, 0) is 12.8 Å². The van der Waals surface area contributed by atoms with E-state index in [2.05, 4.69) is 4.74 Å². The summed E-state index contributed by atoms with van der Waals surface area (Å²) in [6.45, 7) is 1.92. The minimum atomic E-state index is -0.799. The van der Waals surface area contributed by atoms with Gasteiger partial charge >= 0.3 is 23.9 Å². The summed E-state index contributed by atoms with van der Waals surface area (Å²) >= 11 is 0. The minimum Gasteiger partial charge on any atom is -0.481 e. The lowest BCUT2D eigenvalue weighted by molar-refractivity contribution is -0.170. The van der Waals surface area contributed by atoms with Crippen LogP contribution < -0.4 is 0 Å². The smallest absolute Gasteiger partial charge is 0.315 e. The molecule has 0 radical (unpaired) electrons. The van der Waals surface area contributed by atoms with Crippen LogP contribution >= 0.6 is 0 Å². The maximum Gasteiger partial charge on any atom is 0.315 e. The number of carbonyl (C=O) groups is 4. The second-order valence-corrected chi connectivity index (χ2v) is 5.42. The van der Waals surface area contributed by atoms with E-state index >= 15 is 0 Å². The van der Waals surface area contributed by atoms with Gasteiger partial charge in [-0.25, -0.2) is 0 Å². The molecular formula is C16H26O8. The lowest BCUT2D eigenvalue weighted by Gasteiger charge is -2.15. The zero-order valence-corrected chi connectivity index (χ0v) is 14.2. The van der Waals surface area contributed by atoms with Crippen LogP contribution in [-0.4, -0.2) is 42.4 Å². The second-order valence-electron chi connectivity index (χ2n) is 5.42. The molecule has 0 heterocycles. The third-order valence-corrected chi connectivity index (χ3v) is 3.23. The van der Waals surface area contributed by atoms with E-state index in [1.807, 2.05) is 0 Å². The Morgan fingerprint density at radius 3 is 2.00 bits per heavy atom. The van der Waals surface area contributed by atoms with E-state index in [1.54, 1.807) is 0 Å². The highest BCUT2D eigenvalue weighted by atomic mass is 16.7. The van der Waals surface area contributed by atoms with Crippen LogP contribution in [0, 0.1) is 5.92 Å². The highest BCUT2D eigenvalue weighted by Crippen LogP contribution is 2.15. The fraction of sp³-hybridized carbons (Fsp3) is 0.750. The number of esters is 3. The summed E-state index contributed by atoms with van der Waals surface area (Å²) in [6, 6.07) is 0. The van der Waals surface area contributed by atoms with E-state index in [0.29, 0.717) is 12.8 Å². The Labute approximate surface area is 141 Å². The van der Waals surface area contributed by atoms with Crippen LogP contribution in [0.5, 0.6) is 0 Å². The van der Waals surface area contributed by atoms with Gasteiger partial charge in [0.25, 0.3) is 0 Å². The van der Waals surface area contributed by atoms with Crippen LogP contribution in [-0.2, 0) is 33.4 Å². The SMILES string of the molecule is CC(=O)OCOC(=O)C(CCCCCCCC(=O)O)COC(C)=O. The molecule has 0 aliphatic heterocycles. The summed E-state index contributed by atoms with van der Waals surface area (Å²) in [4.78, 5) is 43.8. The molecule has 0 aliphatic carbocycles. The zero-order chi connectivity index (χ0) is 18.4. The Hall–Kier alpha value is -2.12. The number of carboxylic acid groups (broad SMARTS) is 1. The highest BCUT2D eigenvalue weighted by Gasteiger charge is 2.21. The molecule has 0 saturated heterocycles. The van der Waals surface area contributed by atoms with Crippen molar-refractivity contribution < 1.29 is 38.5 Å². The summed E-state index contributed by atoms with van der Waals surface area (Å²) in [5, 5.41) is 8.53. The summed E-state index contributed by atoms with van der Waals surface area (Å²) in [6.07, 6.45) is 4.53. The Bertz CT molecular complexity index is 418. The number of unbranched alkanes of at least 4 members (excludes halogenated alkanes) is 4. The van der Waals surface area contributed by atoms with Crippen molar-refractivity contribution in [1.82, 2.24) is 0 Å². The first kappa shape index (κ1) is 21.9. The van der Waals surface area contributed by atoms with Crippen molar-refractivity contribution >= 4 is 23.9 Å². The van der Waals surface area contributed by atoms with E-state index in [9.17, 15) is 19.2 Å². The summed E-state index contributed by atoms with van der Waals surface area (Å²) in [7, 11) is 0. The lowest BCUT2D eigenvalue weighted by Crippen LogP contribution is -2.25.